The summed E-state index contributed by atoms with van der Waals surface area (Å²) in [5.41, 5.74) is 7.79. The monoisotopic (exact) mass is 317 g/mol. The van der Waals surface area contributed by atoms with E-state index in [4.69, 9.17) is 17.3 Å². The number of carbonyl (C=O) groups excluding carboxylic acids is 1. The first-order valence-electron chi connectivity index (χ1n) is 6.99. The number of anilines is 3. The molecule has 22 heavy (non-hydrogen) atoms. The fraction of sp³-hybridized carbons (Fsp3) is 0.267. The number of benzene rings is 1. The van der Waals surface area contributed by atoms with Gasteiger partial charge in [-0.25, -0.2) is 9.97 Å². The maximum Gasteiger partial charge on any atom is 0.249 e. The highest BCUT2D eigenvalue weighted by Gasteiger charge is 2.28. The second kappa shape index (κ2) is 5.81. The molecule has 114 valence electrons. The molecule has 6 nitrogen and oxygen atoms in total. The average molecular weight is 318 g/mol. The summed E-state index contributed by atoms with van der Waals surface area (Å²) >= 11 is 6.05. The number of nitrogen functional groups attached to an aromatic ring is 1. The number of rotatable bonds is 3. The minimum atomic E-state index is -0.474. The topological polar surface area (TPSA) is 84.1 Å². The lowest BCUT2D eigenvalue weighted by atomic mass is 10.2. The van der Waals surface area contributed by atoms with Gasteiger partial charge in [-0.2, -0.15) is 0 Å². The van der Waals surface area contributed by atoms with Gasteiger partial charge in [-0.1, -0.05) is 29.8 Å². The van der Waals surface area contributed by atoms with Gasteiger partial charge in [0.2, 0.25) is 5.91 Å². The Morgan fingerprint density at radius 3 is 3.00 bits per heavy atom. The molecule has 3 rings (SSSR count). The number of nitrogens with one attached hydrogen (secondary N) is 1. The summed E-state index contributed by atoms with van der Waals surface area (Å²) in [6.45, 7) is 2.46. The van der Waals surface area contributed by atoms with E-state index in [2.05, 4.69) is 15.3 Å². The number of amides is 1. The van der Waals surface area contributed by atoms with Crippen molar-refractivity contribution in [3.8, 4) is 0 Å². The molecule has 2 aromatic rings. The first-order valence-corrected chi connectivity index (χ1v) is 7.37. The predicted octanol–water partition coefficient (Wildman–Crippen LogP) is 2.10. The van der Waals surface area contributed by atoms with Crippen molar-refractivity contribution in [2.24, 2.45) is 0 Å². The Balaban J connectivity index is 1.77. The van der Waals surface area contributed by atoms with Gasteiger partial charge < -0.3 is 16.0 Å². The number of hydrogen-bond acceptors (Lipinski definition) is 5. The van der Waals surface area contributed by atoms with E-state index in [-0.39, 0.29) is 16.7 Å². The highest BCUT2D eigenvalue weighted by Crippen LogP contribution is 2.29. The van der Waals surface area contributed by atoms with Crippen molar-refractivity contribution in [3.63, 3.8) is 0 Å². The first-order chi connectivity index (χ1) is 10.6. The van der Waals surface area contributed by atoms with Crippen LogP contribution in [0.25, 0.3) is 0 Å². The highest BCUT2D eigenvalue weighted by molar-refractivity contribution is 6.35. The summed E-state index contributed by atoms with van der Waals surface area (Å²) in [5.74, 6) is 0.519. The van der Waals surface area contributed by atoms with Crippen LogP contribution in [0.5, 0.6) is 0 Å². The van der Waals surface area contributed by atoms with Crippen LogP contribution < -0.4 is 16.0 Å². The highest BCUT2D eigenvalue weighted by atomic mass is 35.5. The molecular weight excluding hydrogens is 302 g/mol. The molecule has 1 unspecified atom stereocenters. The molecule has 0 spiro atoms. The molecule has 1 atom stereocenters. The number of halogens is 1. The Bertz CT molecular complexity index is 721. The summed E-state index contributed by atoms with van der Waals surface area (Å²) < 4.78 is 0. The molecule has 1 aliphatic heterocycles. The molecular formula is C15H16ClN5O. The van der Waals surface area contributed by atoms with Gasteiger partial charge in [0.05, 0.1) is 0 Å². The molecule has 0 aliphatic carbocycles. The SMILES string of the molecule is CC(Nc1ncnc(N)c1Cl)C(=O)N1CCc2ccccc21. The molecule has 7 heteroatoms. The summed E-state index contributed by atoms with van der Waals surface area (Å²) in [7, 11) is 0. The third kappa shape index (κ3) is 2.57. The van der Waals surface area contributed by atoms with Gasteiger partial charge >= 0.3 is 0 Å². The van der Waals surface area contributed by atoms with Crippen LogP contribution in [0, 0.1) is 0 Å². The first kappa shape index (κ1) is 14.6. The zero-order valence-corrected chi connectivity index (χ0v) is 12.8. The quantitative estimate of drug-likeness (QED) is 0.905. The lowest BCUT2D eigenvalue weighted by Gasteiger charge is -2.23. The number of carbonyl (C=O) groups is 1. The van der Waals surface area contributed by atoms with E-state index < -0.39 is 6.04 Å². The number of fused-ring (bicyclic) bond motifs is 1. The van der Waals surface area contributed by atoms with Crippen molar-refractivity contribution in [2.75, 3.05) is 22.5 Å². The number of nitrogens with two attached hydrogens (primary N) is 1. The summed E-state index contributed by atoms with van der Waals surface area (Å²) in [6.07, 6.45) is 2.18. The summed E-state index contributed by atoms with van der Waals surface area (Å²) in [4.78, 5) is 22.3. The maximum atomic E-state index is 12.7. The van der Waals surface area contributed by atoms with Crippen LogP contribution in [0.3, 0.4) is 0 Å². The molecule has 1 aromatic heterocycles. The molecule has 0 radical (unpaired) electrons. The van der Waals surface area contributed by atoms with Crippen molar-refractivity contribution in [3.05, 3.63) is 41.2 Å². The number of hydrogen-bond donors (Lipinski definition) is 2. The van der Waals surface area contributed by atoms with Gasteiger partial charge in [0.15, 0.2) is 5.82 Å². The van der Waals surface area contributed by atoms with E-state index in [9.17, 15) is 4.79 Å². The number of aromatic nitrogens is 2. The Morgan fingerprint density at radius 1 is 1.41 bits per heavy atom. The normalized spacial score (nSPS) is 14.5. The second-order valence-electron chi connectivity index (χ2n) is 5.16. The zero-order chi connectivity index (χ0) is 15.7. The molecule has 1 aliphatic rings. The van der Waals surface area contributed by atoms with Crippen molar-refractivity contribution in [2.45, 2.75) is 19.4 Å². The van der Waals surface area contributed by atoms with Crippen molar-refractivity contribution in [1.82, 2.24) is 9.97 Å². The van der Waals surface area contributed by atoms with Crippen molar-refractivity contribution in [1.29, 1.82) is 0 Å². The molecule has 0 bridgehead atoms. The molecule has 2 heterocycles. The van der Waals surface area contributed by atoms with E-state index in [0.29, 0.717) is 12.4 Å². The van der Waals surface area contributed by atoms with Gasteiger partial charge in [-0.05, 0) is 25.0 Å². The van der Waals surface area contributed by atoms with Crippen LogP contribution in [0.1, 0.15) is 12.5 Å². The zero-order valence-electron chi connectivity index (χ0n) is 12.1. The fourth-order valence-electron chi connectivity index (χ4n) is 2.55. The van der Waals surface area contributed by atoms with E-state index in [1.54, 1.807) is 11.8 Å². The molecule has 0 saturated carbocycles. The van der Waals surface area contributed by atoms with Crippen LogP contribution in [0.15, 0.2) is 30.6 Å². The van der Waals surface area contributed by atoms with Gasteiger partial charge in [0.1, 0.15) is 23.2 Å². The number of nitrogens with zero attached hydrogens (tertiary/aromatic N) is 3. The van der Waals surface area contributed by atoms with E-state index in [1.165, 1.54) is 11.9 Å². The third-order valence-electron chi connectivity index (χ3n) is 3.69. The smallest absolute Gasteiger partial charge is 0.249 e. The second-order valence-corrected chi connectivity index (χ2v) is 5.53. The summed E-state index contributed by atoms with van der Waals surface area (Å²) in [6, 6.07) is 7.45. The van der Waals surface area contributed by atoms with E-state index in [1.807, 2.05) is 24.3 Å². The van der Waals surface area contributed by atoms with Crippen LogP contribution in [0.4, 0.5) is 17.3 Å². The Labute approximate surface area is 133 Å². The van der Waals surface area contributed by atoms with Crippen LogP contribution >= 0.6 is 11.6 Å². The largest absolute Gasteiger partial charge is 0.382 e. The lowest BCUT2D eigenvalue weighted by molar-refractivity contribution is -0.118. The van der Waals surface area contributed by atoms with Gasteiger partial charge in [-0.3, -0.25) is 4.79 Å². The average Bonchev–Trinajstić information content (AvgIpc) is 2.95. The van der Waals surface area contributed by atoms with E-state index >= 15 is 0 Å². The van der Waals surface area contributed by atoms with Crippen LogP contribution in [0.2, 0.25) is 5.02 Å². The van der Waals surface area contributed by atoms with Crippen LogP contribution in [-0.4, -0.2) is 28.5 Å². The molecule has 0 saturated heterocycles. The van der Waals surface area contributed by atoms with Crippen LogP contribution in [-0.2, 0) is 11.2 Å². The lowest BCUT2D eigenvalue weighted by Crippen LogP contribution is -2.40. The van der Waals surface area contributed by atoms with Gasteiger partial charge in [0, 0.05) is 12.2 Å². The fourth-order valence-corrected chi connectivity index (χ4v) is 2.70. The predicted molar refractivity (Wildman–Crippen MR) is 87.0 cm³/mol. The summed E-state index contributed by atoms with van der Waals surface area (Å²) in [5, 5.41) is 3.23. The van der Waals surface area contributed by atoms with E-state index in [0.717, 1.165) is 12.1 Å². The van der Waals surface area contributed by atoms with Gasteiger partial charge in [0.25, 0.3) is 0 Å². The molecule has 1 aromatic carbocycles. The minimum absolute atomic E-state index is 0.0294. The van der Waals surface area contributed by atoms with Crippen molar-refractivity contribution < 1.29 is 4.79 Å². The standard InChI is InChI=1S/C15H16ClN5O/c1-9(20-14-12(16)13(17)18-8-19-14)15(22)21-7-6-10-4-2-3-5-11(10)21/h2-5,8-9H,6-7H2,1H3,(H3,17,18,19,20). The number of para-hydroxylation sites is 1. The third-order valence-corrected chi connectivity index (χ3v) is 4.07. The molecule has 1 amide bonds. The molecule has 3 N–H and O–H groups in total. The van der Waals surface area contributed by atoms with Crippen molar-refractivity contribution >= 4 is 34.8 Å². The van der Waals surface area contributed by atoms with Gasteiger partial charge in [-0.15, -0.1) is 0 Å². The Kier molecular flexibility index (Phi) is 3.85. The minimum Gasteiger partial charge on any atom is -0.382 e. The molecule has 0 fully saturated rings. The Hall–Kier alpha value is -2.34. The maximum absolute atomic E-state index is 12.7. The Morgan fingerprint density at radius 2 is 2.18 bits per heavy atom.